The van der Waals surface area contributed by atoms with E-state index in [1.54, 1.807) is 31.2 Å². The van der Waals surface area contributed by atoms with E-state index in [0.29, 0.717) is 36.8 Å². The van der Waals surface area contributed by atoms with Crippen molar-refractivity contribution < 1.29 is 19.4 Å². The minimum atomic E-state index is -0.882. The Morgan fingerprint density at radius 2 is 2.13 bits per heavy atom. The number of carbonyl (C=O) groups excluding carboxylic acids is 1. The fourth-order valence-corrected chi connectivity index (χ4v) is 2.32. The Hall–Kier alpha value is -2.61. The van der Waals surface area contributed by atoms with Gasteiger partial charge in [0, 0.05) is 12.0 Å². The Labute approximate surface area is 136 Å². The van der Waals surface area contributed by atoms with E-state index in [2.05, 4.69) is 10.8 Å². The molecule has 1 N–H and O–H groups in total. The van der Waals surface area contributed by atoms with Gasteiger partial charge in [-0.25, -0.2) is 4.79 Å². The summed E-state index contributed by atoms with van der Waals surface area (Å²) in [5, 5.41) is 18.0. The summed E-state index contributed by atoms with van der Waals surface area (Å²) in [6.07, 6.45) is 3.98. The monoisotopic (exact) mass is 315 g/mol. The highest BCUT2D eigenvalue weighted by Crippen LogP contribution is 2.24. The summed E-state index contributed by atoms with van der Waals surface area (Å²) in [5.41, 5.74) is 1.90. The summed E-state index contributed by atoms with van der Waals surface area (Å²) in [6, 6.07) is 9.19. The maximum absolute atomic E-state index is 11.5. The first-order chi connectivity index (χ1) is 11.0. The summed E-state index contributed by atoms with van der Waals surface area (Å²) in [6.45, 7) is 1.65. The maximum atomic E-state index is 11.5. The smallest absolute Gasteiger partial charge is 0.333 e. The highest BCUT2D eigenvalue weighted by atomic mass is 16.5. The van der Waals surface area contributed by atoms with Crippen LogP contribution in [0.25, 0.3) is 6.08 Å². The van der Waals surface area contributed by atoms with Crippen molar-refractivity contribution in [2.45, 2.75) is 38.5 Å². The van der Waals surface area contributed by atoms with E-state index in [1.165, 1.54) is 7.11 Å². The largest absolute Gasteiger partial charge is 0.481 e. The third-order valence-corrected chi connectivity index (χ3v) is 3.53. The van der Waals surface area contributed by atoms with Gasteiger partial charge in [0.05, 0.1) is 19.1 Å². The molecule has 122 valence electrons. The van der Waals surface area contributed by atoms with Crippen molar-refractivity contribution in [3.05, 3.63) is 41.0 Å². The molecule has 1 aromatic rings. The number of carboxylic acid groups (broad SMARTS) is 1. The average molecular weight is 315 g/mol. The van der Waals surface area contributed by atoms with Gasteiger partial charge < -0.3 is 9.84 Å². The van der Waals surface area contributed by atoms with Gasteiger partial charge in [0.2, 0.25) is 0 Å². The molecule has 1 atom stereocenters. The molecule has 0 saturated carbocycles. The topological polar surface area (TPSA) is 87.4 Å². The molecule has 1 aromatic carbocycles. The number of rotatable bonds is 8. The molecule has 0 bridgehead atoms. The normalized spacial score (nSPS) is 12.3. The van der Waals surface area contributed by atoms with Crippen molar-refractivity contribution in [2.75, 3.05) is 7.11 Å². The van der Waals surface area contributed by atoms with Crippen LogP contribution in [0.15, 0.2) is 29.8 Å². The van der Waals surface area contributed by atoms with E-state index in [-0.39, 0.29) is 0 Å². The number of methoxy groups -OCH3 is 1. The van der Waals surface area contributed by atoms with Gasteiger partial charge >= 0.3 is 11.9 Å². The molecule has 0 saturated heterocycles. The Morgan fingerprint density at radius 3 is 2.74 bits per heavy atom. The van der Waals surface area contributed by atoms with Crippen LogP contribution in [0.1, 0.15) is 49.7 Å². The Balaban J connectivity index is 2.93. The lowest BCUT2D eigenvalue weighted by Crippen LogP contribution is -2.11. The van der Waals surface area contributed by atoms with Crippen molar-refractivity contribution in [3.8, 4) is 6.07 Å². The van der Waals surface area contributed by atoms with E-state index >= 15 is 0 Å². The summed E-state index contributed by atoms with van der Waals surface area (Å²) < 4.78 is 4.65. The molecule has 1 unspecified atom stereocenters. The summed E-state index contributed by atoms with van der Waals surface area (Å²) in [5.74, 6) is -1.91. The van der Waals surface area contributed by atoms with Crippen LogP contribution in [0.2, 0.25) is 0 Å². The lowest BCUT2D eigenvalue weighted by Gasteiger charge is -2.13. The molecule has 0 radical (unpaired) electrons. The molecule has 0 heterocycles. The van der Waals surface area contributed by atoms with Crippen molar-refractivity contribution >= 4 is 18.0 Å². The summed E-state index contributed by atoms with van der Waals surface area (Å²) in [7, 11) is 1.32. The number of ether oxygens (including phenoxy) is 1. The molecular weight excluding hydrogens is 294 g/mol. The summed E-state index contributed by atoms with van der Waals surface area (Å²) in [4.78, 5) is 22.9. The van der Waals surface area contributed by atoms with E-state index in [9.17, 15) is 14.7 Å². The zero-order chi connectivity index (χ0) is 17.2. The molecule has 0 aliphatic carbocycles. The third kappa shape index (κ3) is 5.95. The van der Waals surface area contributed by atoms with E-state index < -0.39 is 17.9 Å². The van der Waals surface area contributed by atoms with Gasteiger partial charge in [-0.2, -0.15) is 5.26 Å². The van der Waals surface area contributed by atoms with Crippen molar-refractivity contribution in [3.63, 3.8) is 0 Å². The number of nitriles is 1. The minimum absolute atomic E-state index is 0.415. The fraction of sp³-hybridized carbons (Fsp3) is 0.389. The van der Waals surface area contributed by atoms with Gasteiger partial charge in [0.25, 0.3) is 0 Å². The van der Waals surface area contributed by atoms with Gasteiger partial charge in [-0.05, 0) is 37.0 Å². The summed E-state index contributed by atoms with van der Waals surface area (Å²) >= 11 is 0. The van der Waals surface area contributed by atoms with Crippen molar-refractivity contribution in [2.24, 2.45) is 0 Å². The highest BCUT2D eigenvalue weighted by Gasteiger charge is 2.19. The first-order valence-corrected chi connectivity index (χ1v) is 7.46. The number of hydrogen-bond donors (Lipinski definition) is 1. The van der Waals surface area contributed by atoms with Crippen LogP contribution < -0.4 is 0 Å². The molecular formula is C18H21NO4. The van der Waals surface area contributed by atoms with Crippen LogP contribution in [0.3, 0.4) is 0 Å². The molecule has 23 heavy (non-hydrogen) atoms. The Bertz CT molecular complexity index is 628. The van der Waals surface area contributed by atoms with Gasteiger partial charge in [-0.1, -0.05) is 30.7 Å². The van der Waals surface area contributed by atoms with Crippen LogP contribution in [0.4, 0.5) is 0 Å². The predicted molar refractivity (Wildman–Crippen MR) is 86.6 cm³/mol. The van der Waals surface area contributed by atoms with Crippen LogP contribution in [-0.4, -0.2) is 24.2 Å². The number of nitrogens with zero attached hydrogens (tertiary/aromatic N) is 1. The fourth-order valence-electron chi connectivity index (χ4n) is 2.32. The second kappa shape index (κ2) is 9.42. The molecule has 5 heteroatoms. The molecule has 5 nitrogen and oxygen atoms in total. The SMILES string of the molecule is COC(=O)/C(C)=C/c1cccc(C(CCCCC#N)C(=O)O)c1. The first kappa shape index (κ1) is 18.4. The van der Waals surface area contributed by atoms with Gasteiger partial charge in [-0.15, -0.1) is 0 Å². The molecule has 0 aromatic heterocycles. The second-order valence-corrected chi connectivity index (χ2v) is 5.28. The van der Waals surface area contributed by atoms with E-state index in [1.807, 2.05) is 6.07 Å². The van der Waals surface area contributed by atoms with Crippen molar-refractivity contribution in [1.29, 1.82) is 5.26 Å². The predicted octanol–water partition coefficient (Wildman–Crippen LogP) is 3.52. The number of hydrogen-bond acceptors (Lipinski definition) is 4. The zero-order valence-corrected chi connectivity index (χ0v) is 13.4. The lowest BCUT2D eigenvalue weighted by molar-refractivity contribution is -0.139. The van der Waals surface area contributed by atoms with Crippen molar-refractivity contribution in [1.82, 2.24) is 0 Å². The second-order valence-electron chi connectivity index (χ2n) is 5.28. The average Bonchev–Trinajstić information content (AvgIpc) is 2.53. The molecule has 1 rings (SSSR count). The number of unbranched alkanes of at least 4 members (excludes halogenated alkanes) is 2. The Kier molecular flexibility index (Phi) is 7.55. The van der Waals surface area contributed by atoms with Crippen LogP contribution in [0.5, 0.6) is 0 Å². The van der Waals surface area contributed by atoms with Crippen LogP contribution in [0, 0.1) is 11.3 Å². The number of benzene rings is 1. The third-order valence-electron chi connectivity index (χ3n) is 3.53. The first-order valence-electron chi connectivity index (χ1n) is 7.46. The van der Waals surface area contributed by atoms with Gasteiger partial charge in [0.1, 0.15) is 0 Å². The lowest BCUT2D eigenvalue weighted by atomic mass is 9.92. The van der Waals surface area contributed by atoms with Gasteiger partial charge in [-0.3, -0.25) is 4.79 Å². The molecule has 0 spiro atoms. The highest BCUT2D eigenvalue weighted by molar-refractivity contribution is 5.93. The van der Waals surface area contributed by atoms with E-state index in [0.717, 1.165) is 5.56 Å². The molecule has 0 aliphatic heterocycles. The number of aliphatic carboxylic acids is 1. The number of carboxylic acids is 1. The zero-order valence-electron chi connectivity index (χ0n) is 13.4. The maximum Gasteiger partial charge on any atom is 0.333 e. The molecule has 0 aliphatic rings. The quantitative estimate of drug-likeness (QED) is 0.450. The minimum Gasteiger partial charge on any atom is -0.481 e. The standard InChI is InChI=1S/C18H21NO4/c1-13(18(22)23-2)11-14-7-6-8-15(12-14)16(17(20)21)9-4-3-5-10-19/h6-8,11-12,16H,3-5,9H2,1-2H3,(H,20,21)/b13-11+. The number of esters is 1. The molecule has 0 amide bonds. The Morgan fingerprint density at radius 1 is 1.39 bits per heavy atom. The van der Waals surface area contributed by atoms with Crippen LogP contribution >= 0.6 is 0 Å². The number of carbonyl (C=O) groups is 2. The van der Waals surface area contributed by atoms with E-state index in [4.69, 9.17) is 5.26 Å². The van der Waals surface area contributed by atoms with Crippen LogP contribution in [-0.2, 0) is 14.3 Å². The molecule has 0 fully saturated rings. The van der Waals surface area contributed by atoms with Gasteiger partial charge in [0.15, 0.2) is 0 Å².